The van der Waals surface area contributed by atoms with Crippen LogP contribution in [0, 0.1) is 34.5 Å². The number of nitrogens with one attached hydrogen (secondary N) is 1. The molecule has 0 bridgehead atoms. The van der Waals surface area contributed by atoms with E-state index in [1.54, 1.807) is 4.90 Å². The normalized spacial score (nSPS) is 46.0. The zero-order chi connectivity index (χ0) is 22.5. The molecule has 1 aliphatic heterocycles. The molecule has 4 saturated carbocycles. The quantitative estimate of drug-likeness (QED) is 0.401. The maximum atomic E-state index is 14.5. The summed E-state index contributed by atoms with van der Waals surface area (Å²) in [6.07, 6.45) is 9.17. The van der Waals surface area contributed by atoms with Gasteiger partial charge in [-0.2, -0.15) is 0 Å². The first-order valence-electron chi connectivity index (χ1n) is 13.2. The smallest absolute Gasteiger partial charge is 0.173 e. The van der Waals surface area contributed by atoms with Gasteiger partial charge in [0.05, 0.1) is 18.8 Å². The van der Waals surface area contributed by atoms with Crippen LogP contribution in [-0.4, -0.2) is 43.9 Å². The number of oxime groups is 1. The lowest BCUT2D eigenvalue weighted by Crippen LogP contribution is -3.13. The van der Waals surface area contributed by atoms with Crippen LogP contribution in [0.3, 0.4) is 0 Å². The molecule has 4 aliphatic carbocycles. The lowest BCUT2D eigenvalue weighted by atomic mass is 9.44. The van der Waals surface area contributed by atoms with Crippen LogP contribution in [-0.2, 0) is 9.63 Å². The van der Waals surface area contributed by atoms with Crippen LogP contribution in [0.4, 0.5) is 4.39 Å². The van der Waals surface area contributed by atoms with E-state index >= 15 is 0 Å². The molecular formula is C27H42FN2O2+. The summed E-state index contributed by atoms with van der Waals surface area (Å²) >= 11 is 0. The average Bonchev–Trinajstić information content (AvgIpc) is 3.02. The summed E-state index contributed by atoms with van der Waals surface area (Å²) in [5, 5.41) is 4.58. The van der Waals surface area contributed by atoms with Crippen molar-refractivity contribution < 1.29 is 18.9 Å². The Morgan fingerprint density at radius 2 is 1.94 bits per heavy atom. The molecule has 5 heteroatoms. The molecule has 0 radical (unpaired) electrons. The van der Waals surface area contributed by atoms with Crippen LogP contribution in [0.1, 0.15) is 78.1 Å². The summed E-state index contributed by atoms with van der Waals surface area (Å²) in [4.78, 5) is 20.1. The zero-order valence-corrected chi connectivity index (χ0v) is 20.1. The van der Waals surface area contributed by atoms with Gasteiger partial charge in [0, 0.05) is 5.41 Å². The molecule has 0 aromatic rings. The molecule has 178 valence electrons. The van der Waals surface area contributed by atoms with Crippen molar-refractivity contribution in [2.45, 2.75) is 84.2 Å². The average molecular weight is 446 g/mol. The molecule has 32 heavy (non-hydrogen) atoms. The molecule has 5 fully saturated rings. The molecule has 5 aliphatic rings. The van der Waals surface area contributed by atoms with Crippen molar-refractivity contribution >= 4 is 11.5 Å². The minimum Gasteiger partial charge on any atom is -0.390 e. The molecule has 4 nitrogen and oxygen atoms in total. The standard InChI is InChI=1S/C27H41FN2O2/c1-18-15-20-21(8-10-27(3)23(20)17-24(28)25(27)31)26(2)9-7-19(16-22(18)26)29-32-14-13-30-11-5-4-6-12-30/h20-24H,1,4-17H2,2-3H3/p+1/t20?,21?,22-,23?,24-,26-,27+/m1/s1. The molecule has 0 aromatic heterocycles. The highest BCUT2D eigenvalue weighted by Crippen LogP contribution is 2.66. The highest BCUT2D eigenvalue weighted by molar-refractivity contribution is 5.91. The Hall–Kier alpha value is -1.23. The Morgan fingerprint density at radius 1 is 1.16 bits per heavy atom. The Balaban J connectivity index is 1.24. The van der Waals surface area contributed by atoms with Gasteiger partial charge in [-0.25, -0.2) is 4.39 Å². The first-order valence-corrected chi connectivity index (χ1v) is 13.2. The molecule has 1 N–H and O–H groups in total. The number of nitrogens with zero attached hydrogens (tertiary/aromatic N) is 1. The Bertz CT molecular complexity index is 791. The second-order valence-electron chi connectivity index (χ2n) is 12.1. The fourth-order valence-electron chi connectivity index (χ4n) is 8.51. The van der Waals surface area contributed by atoms with E-state index in [1.165, 1.54) is 43.6 Å². The predicted octanol–water partition coefficient (Wildman–Crippen LogP) is 4.15. The van der Waals surface area contributed by atoms with Crippen LogP contribution < -0.4 is 4.90 Å². The van der Waals surface area contributed by atoms with Gasteiger partial charge < -0.3 is 9.74 Å². The fraction of sp³-hybridized carbons (Fsp3) is 0.852. The number of rotatable bonds is 4. The maximum Gasteiger partial charge on any atom is 0.173 e. The van der Waals surface area contributed by atoms with Crippen molar-refractivity contribution in [1.29, 1.82) is 0 Å². The minimum absolute atomic E-state index is 0.125. The Labute approximate surface area is 193 Å². The number of carbonyl (C=O) groups is 1. The molecule has 3 unspecified atom stereocenters. The van der Waals surface area contributed by atoms with E-state index in [-0.39, 0.29) is 17.1 Å². The van der Waals surface area contributed by atoms with Crippen LogP contribution in [0.5, 0.6) is 0 Å². The maximum absolute atomic E-state index is 14.5. The number of Topliss-reactive ketones (excluding diaryl/α,β-unsaturated/α-hetero) is 1. The van der Waals surface area contributed by atoms with Crippen LogP contribution in [0.15, 0.2) is 17.3 Å². The summed E-state index contributed by atoms with van der Waals surface area (Å²) in [6.45, 7) is 13.3. The first-order chi connectivity index (χ1) is 15.3. The number of quaternary nitrogens is 1. The van der Waals surface area contributed by atoms with Crippen molar-refractivity contribution in [3.05, 3.63) is 12.2 Å². The summed E-state index contributed by atoms with van der Waals surface area (Å²) < 4.78 is 14.5. The van der Waals surface area contributed by atoms with Gasteiger partial charge in [-0.3, -0.25) is 4.79 Å². The predicted molar refractivity (Wildman–Crippen MR) is 124 cm³/mol. The van der Waals surface area contributed by atoms with Gasteiger partial charge in [-0.05, 0) is 93.3 Å². The number of piperidine rings is 1. The van der Waals surface area contributed by atoms with Gasteiger partial charge in [0.2, 0.25) is 0 Å². The van der Waals surface area contributed by atoms with E-state index < -0.39 is 11.6 Å². The van der Waals surface area contributed by atoms with Gasteiger partial charge in [-0.15, -0.1) is 0 Å². The molecule has 0 amide bonds. The van der Waals surface area contributed by atoms with Gasteiger partial charge in [0.1, 0.15) is 6.54 Å². The molecule has 5 rings (SSSR count). The zero-order valence-electron chi connectivity index (χ0n) is 20.1. The minimum atomic E-state index is -1.25. The number of carbonyl (C=O) groups excluding carboxylic acids is 1. The van der Waals surface area contributed by atoms with E-state index in [0.29, 0.717) is 30.8 Å². The number of halogens is 1. The lowest BCUT2D eigenvalue weighted by Gasteiger charge is -2.60. The number of hydrogen-bond donors (Lipinski definition) is 1. The highest BCUT2D eigenvalue weighted by atomic mass is 19.1. The number of alkyl halides is 1. The third-order valence-electron chi connectivity index (χ3n) is 10.5. The lowest BCUT2D eigenvalue weighted by molar-refractivity contribution is -0.905. The molecule has 0 spiro atoms. The number of likely N-dealkylation sites (tertiary alicyclic amines) is 1. The van der Waals surface area contributed by atoms with Crippen LogP contribution >= 0.6 is 0 Å². The molecule has 7 atom stereocenters. The number of allylic oxidation sites excluding steroid dienone is 1. The third kappa shape index (κ3) is 3.67. The second-order valence-corrected chi connectivity index (χ2v) is 12.1. The highest BCUT2D eigenvalue weighted by Gasteiger charge is 2.63. The van der Waals surface area contributed by atoms with Gasteiger partial charge in [-0.1, -0.05) is 31.2 Å². The fourth-order valence-corrected chi connectivity index (χ4v) is 8.51. The molecule has 0 aromatic carbocycles. The molecular weight excluding hydrogens is 403 g/mol. The monoisotopic (exact) mass is 445 g/mol. The van der Waals surface area contributed by atoms with Crippen molar-refractivity contribution in [3.63, 3.8) is 0 Å². The second kappa shape index (κ2) is 8.52. The van der Waals surface area contributed by atoms with Crippen molar-refractivity contribution in [2.24, 2.45) is 39.7 Å². The largest absolute Gasteiger partial charge is 0.390 e. The van der Waals surface area contributed by atoms with E-state index in [0.717, 1.165) is 45.1 Å². The van der Waals surface area contributed by atoms with E-state index in [2.05, 4.69) is 18.7 Å². The SMILES string of the molecule is C=C1CC2C3C[C@@H](F)C(=O)[C@@]3(C)CCC2[C@@]2(C)CCC(=NOCC[NH+]3CCCCC3)C[C@H]12. The summed E-state index contributed by atoms with van der Waals surface area (Å²) in [5.74, 6) is 1.48. The van der Waals surface area contributed by atoms with Gasteiger partial charge in [0.25, 0.3) is 0 Å². The number of fused-ring (bicyclic) bond motifs is 5. The van der Waals surface area contributed by atoms with Crippen molar-refractivity contribution in [3.8, 4) is 0 Å². The Morgan fingerprint density at radius 3 is 2.72 bits per heavy atom. The summed E-state index contributed by atoms with van der Waals surface area (Å²) in [7, 11) is 0. The van der Waals surface area contributed by atoms with Crippen LogP contribution in [0.25, 0.3) is 0 Å². The van der Waals surface area contributed by atoms with Crippen LogP contribution in [0.2, 0.25) is 0 Å². The number of hydrogen-bond acceptors (Lipinski definition) is 3. The molecule has 1 saturated heterocycles. The van der Waals surface area contributed by atoms with Crippen molar-refractivity contribution in [1.82, 2.24) is 0 Å². The van der Waals surface area contributed by atoms with Gasteiger partial charge >= 0.3 is 0 Å². The topological polar surface area (TPSA) is 43.1 Å². The van der Waals surface area contributed by atoms with Gasteiger partial charge in [0.15, 0.2) is 18.6 Å². The van der Waals surface area contributed by atoms with E-state index in [9.17, 15) is 9.18 Å². The number of ketones is 1. The summed E-state index contributed by atoms with van der Waals surface area (Å²) in [5.41, 5.74) is 2.24. The summed E-state index contributed by atoms with van der Waals surface area (Å²) in [6, 6.07) is 0. The van der Waals surface area contributed by atoms with E-state index in [1.807, 2.05) is 6.92 Å². The molecule has 1 heterocycles. The first kappa shape index (κ1) is 22.6. The third-order valence-corrected chi connectivity index (χ3v) is 10.5. The van der Waals surface area contributed by atoms with E-state index in [4.69, 9.17) is 4.84 Å². The Kier molecular flexibility index (Phi) is 6.01. The van der Waals surface area contributed by atoms with Crippen molar-refractivity contribution in [2.75, 3.05) is 26.2 Å².